The molecule has 3 aliphatic carbocycles. The zero-order chi connectivity index (χ0) is 17.1. The van der Waals surface area contributed by atoms with Crippen molar-refractivity contribution in [1.82, 2.24) is 0 Å². The van der Waals surface area contributed by atoms with E-state index in [1.807, 2.05) is 12.1 Å². The van der Waals surface area contributed by atoms with E-state index >= 15 is 0 Å². The van der Waals surface area contributed by atoms with Crippen molar-refractivity contribution in [3.63, 3.8) is 0 Å². The summed E-state index contributed by atoms with van der Waals surface area (Å²) in [6.45, 7) is 2.17. The van der Waals surface area contributed by atoms with Crippen molar-refractivity contribution in [2.45, 2.75) is 51.4 Å². The normalized spacial score (nSPS) is 35.1. The fourth-order valence-electron chi connectivity index (χ4n) is 5.52. The first-order chi connectivity index (χ1) is 11.3. The largest absolute Gasteiger partial charge is 0.380 e. The summed E-state index contributed by atoms with van der Waals surface area (Å²) in [6, 6.07) is 5.49. The highest BCUT2D eigenvalue weighted by atomic mass is 32.2. The molecule has 0 aromatic heterocycles. The Morgan fingerprint density at radius 3 is 2.75 bits per heavy atom. The zero-order valence-electron chi connectivity index (χ0n) is 13.8. The summed E-state index contributed by atoms with van der Waals surface area (Å²) in [4.78, 5) is 12.3. The maximum Gasteiger partial charge on any atom is 0.380 e. The third-order valence-corrected chi connectivity index (χ3v) is 7.04. The molecular formula is C18H23NO4S. The molecule has 1 aromatic rings. The fourth-order valence-corrected chi connectivity index (χ4v) is 5.89. The van der Waals surface area contributed by atoms with Gasteiger partial charge in [-0.15, -0.1) is 0 Å². The Hall–Kier alpha value is -1.40. The van der Waals surface area contributed by atoms with Gasteiger partial charge in [0.25, 0.3) is 0 Å². The number of carbonyl (C=O) groups is 1. The van der Waals surface area contributed by atoms with Gasteiger partial charge in [0.15, 0.2) is 0 Å². The molecule has 0 spiro atoms. The molecule has 0 amide bonds. The van der Waals surface area contributed by atoms with Crippen LogP contribution >= 0.6 is 0 Å². The van der Waals surface area contributed by atoms with Crippen LogP contribution in [-0.2, 0) is 21.5 Å². The van der Waals surface area contributed by atoms with Gasteiger partial charge in [0.05, 0.1) is 0 Å². The first kappa shape index (κ1) is 16.1. The van der Waals surface area contributed by atoms with Gasteiger partial charge >= 0.3 is 10.3 Å². The van der Waals surface area contributed by atoms with E-state index in [-0.39, 0.29) is 11.2 Å². The van der Waals surface area contributed by atoms with Crippen LogP contribution < -0.4 is 9.32 Å². The number of carbonyl (C=O) groups excluding carboxylic acids is 1. The smallest absolute Gasteiger partial charge is 0.371 e. The van der Waals surface area contributed by atoms with Crippen LogP contribution in [0.15, 0.2) is 18.2 Å². The van der Waals surface area contributed by atoms with E-state index in [0.717, 1.165) is 44.1 Å². The fraction of sp³-hybridized carbons (Fsp3) is 0.611. The van der Waals surface area contributed by atoms with Gasteiger partial charge in [-0.2, -0.15) is 13.6 Å². The number of ketones is 1. The molecular weight excluding hydrogens is 326 g/mol. The molecule has 24 heavy (non-hydrogen) atoms. The van der Waals surface area contributed by atoms with Crippen LogP contribution in [0.2, 0.25) is 0 Å². The lowest BCUT2D eigenvalue weighted by Crippen LogP contribution is -2.42. The van der Waals surface area contributed by atoms with Crippen molar-refractivity contribution >= 4 is 16.1 Å². The van der Waals surface area contributed by atoms with Crippen LogP contribution in [0.4, 0.5) is 0 Å². The van der Waals surface area contributed by atoms with Crippen LogP contribution in [0, 0.1) is 17.3 Å². The summed E-state index contributed by atoms with van der Waals surface area (Å²) >= 11 is 0. The highest BCUT2D eigenvalue weighted by Gasteiger charge is 2.54. The first-order valence-corrected chi connectivity index (χ1v) is 10.1. The Bertz CT molecular complexity index is 803. The predicted octanol–water partition coefficient (Wildman–Crippen LogP) is 2.69. The third-order valence-electron chi connectivity index (χ3n) is 6.62. The zero-order valence-corrected chi connectivity index (χ0v) is 14.6. The number of benzene rings is 1. The topological polar surface area (TPSA) is 86.5 Å². The maximum atomic E-state index is 12.3. The van der Waals surface area contributed by atoms with Gasteiger partial charge in [-0.05, 0) is 73.1 Å². The minimum Gasteiger partial charge on any atom is -0.371 e. The van der Waals surface area contributed by atoms with Crippen LogP contribution in [0.3, 0.4) is 0 Å². The maximum absolute atomic E-state index is 12.3. The number of hydrogen-bond acceptors (Lipinski definition) is 4. The quantitative estimate of drug-likeness (QED) is 0.889. The van der Waals surface area contributed by atoms with Crippen LogP contribution in [0.5, 0.6) is 5.75 Å². The summed E-state index contributed by atoms with van der Waals surface area (Å²) in [5.41, 5.74) is 2.34. The highest BCUT2D eigenvalue weighted by Crippen LogP contribution is 2.59. The highest BCUT2D eigenvalue weighted by molar-refractivity contribution is 7.84. The Kier molecular flexibility index (Phi) is 3.55. The Morgan fingerprint density at radius 1 is 1.21 bits per heavy atom. The van der Waals surface area contributed by atoms with E-state index in [1.165, 1.54) is 5.56 Å². The average molecular weight is 349 g/mol. The van der Waals surface area contributed by atoms with Gasteiger partial charge in [0, 0.05) is 11.8 Å². The minimum atomic E-state index is -3.99. The van der Waals surface area contributed by atoms with Gasteiger partial charge in [-0.1, -0.05) is 13.0 Å². The number of Topliss-reactive ketones (excluding diaryl/α,β-unsaturated/α-hetero) is 1. The summed E-state index contributed by atoms with van der Waals surface area (Å²) < 4.78 is 27.0. The van der Waals surface area contributed by atoms with Crippen LogP contribution in [-0.4, -0.2) is 14.2 Å². The second-order valence-corrected chi connectivity index (χ2v) is 8.92. The molecule has 6 heteroatoms. The van der Waals surface area contributed by atoms with E-state index in [4.69, 9.17) is 9.32 Å². The average Bonchev–Trinajstić information content (AvgIpc) is 2.81. The molecule has 0 heterocycles. The van der Waals surface area contributed by atoms with Crippen LogP contribution in [0.1, 0.15) is 56.1 Å². The molecule has 2 fully saturated rings. The van der Waals surface area contributed by atoms with E-state index in [9.17, 15) is 13.2 Å². The summed E-state index contributed by atoms with van der Waals surface area (Å²) in [6.07, 6.45) is 5.72. The van der Waals surface area contributed by atoms with Gasteiger partial charge in [-0.25, -0.2) is 0 Å². The predicted molar refractivity (Wildman–Crippen MR) is 89.8 cm³/mol. The summed E-state index contributed by atoms with van der Waals surface area (Å²) in [5, 5.41) is 4.95. The Balaban J connectivity index is 1.65. The number of nitrogens with two attached hydrogens (primary N) is 1. The van der Waals surface area contributed by atoms with Crippen molar-refractivity contribution in [3.05, 3.63) is 29.3 Å². The number of aryl methyl sites for hydroxylation is 1. The number of rotatable bonds is 2. The minimum absolute atomic E-state index is 0.116. The van der Waals surface area contributed by atoms with E-state index in [1.54, 1.807) is 6.07 Å². The molecule has 2 saturated carbocycles. The number of hydrogen-bond donors (Lipinski definition) is 1. The standard InChI is InChI=1S/C18H23NO4S/c1-18-9-8-14-13-5-3-12(23-24(19,21)22)10-11(13)2-4-15(14)16(18)6-7-17(18)20/h3,5,10,14-16H,2,4,6-9H2,1H3,(H2,19,21,22)/t14-,15+,16+,18-/m0/s1. The lowest BCUT2D eigenvalue weighted by atomic mass is 9.55. The summed E-state index contributed by atoms with van der Waals surface area (Å²) in [7, 11) is -3.99. The molecule has 0 saturated heterocycles. The second-order valence-electron chi connectivity index (χ2n) is 7.77. The monoisotopic (exact) mass is 349 g/mol. The van der Waals surface area contributed by atoms with Gasteiger partial charge in [-0.3, -0.25) is 4.79 Å². The van der Waals surface area contributed by atoms with Crippen molar-refractivity contribution < 1.29 is 17.4 Å². The molecule has 2 N–H and O–H groups in total. The van der Waals surface area contributed by atoms with Crippen molar-refractivity contribution in [2.24, 2.45) is 22.4 Å². The molecule has 0 unspecified atom stereocenters. The van der Waals surface area contributed by atoms with Crippen LogP contribution in [0.25, 0.3) is 0 Å². The molecule has 5 nitrogen and oxygen atoms in total. The Morgan fingerprint density at radius 2 is 2.00 bits per heavy atom. The van der Waals surface area contributed by atoms with Gasteiger partial charge < -0.3 is 4.18 Å². The lowest BCUT2D eigenvalue weighted by molar-refractivity contribution is -0.129. The van der Waals surface area contributed by atoms with E-state index in [0.29, 0.717) is 23.5 Å². The first-order valence-electron chi connectivity index (χ1n) is 8.66. The molecule has 0 radical (unpaired) electrons. The SMILES string of the molecule is C[C@]12CC[C@H]3c4ccc(OS(N)(=O)=O)cc4CC[C@H]3[C@H]1CCC2=O. The molecule has 0 aliphatic heterocycles. The Labute approximate surface area is 142 Å². The van der Waals surface area contributed by atoms with Gasteiger partial charge in [0.2, 0.25) is 0 Å². The second kappa shape index (κ2) is 5.30. The third kappa shape index (κ3) is 2.47. The summed E-state index contributed by atoms with van der Waals surface area (Å²) in [5.74, 6) is 2.27. The molecule has 1 aromatic carbocycles. The van der Waals surface area contributed by atoms with Crippen molar-refractivity contribution in [2.75, 3.05) is 0 Å². The molecule has 4 rings (SSSR count). The molecule has 130 valence electrons. The lowest BCUT2D eigenvalue weighted by Gasteiger charge is -2.48. The van der Waals surface area contributed by atoms with Gasteiger partial charge in [0.1, 0.15) is 11.5 Å². The van der Waals surface area contributed by atoms with Crippen molar-refractivity contribution in [1.29, 1.82) is 0 Å². The van der Waals surface area contributed by atoms with E-state index in [2.05, 4.69) is 6.92 Å². The number of fused-ring (bicyclic) bond motifs is 5. The molecule has 3 aliphatic rings. The molecule has 4 atom stereocenters. The van der Waals surface area contributed by atoms with E-state index < -0.39 is 10.3 Å². The molecule has 0 bridgehead atoms. The van der Waals surface area contributed by atoms with Crippen molar-refractivity contribution in [3.8, 4) is 5.75 Å².